The van der Waals surface area contributed by atoms with E-state index in [2.05, 4.69) is 26.3 Å². The molecule has 0 aliphatic carbocycles. The van der Waals surface area contributed by atoms with Crippen molar-refractivity contribution in [1.29, 1.82) is 0 Å². The zero-order chi connectivity index (χ0) is 13.1. The molecule has 94 valence electrons. The Morgan fingerprint density at radius 2 is 2.11 bits per heavy atom. The molecule has 1 heterocycles. The van der Waals surface area contributed by atoms with E-state index in [0.29, 0.717) is 5.56 Å². The summed E-state index contributed by atoms with van der Waals surface area (Å²) >= 11 is 3.48. The summed E-state index contributed by atoms with van der Waals surface area (Å²) in [6, 6.07) is 7.06. The topological polar surface area (TPSA) is 50.9 Å². The van der Waals surface area contributed by atoms with Gasteiger partial charge in [0.2, 0.25) is 0 Å². The molecule has 5 heteroatoms. The molecule has 0 aliphatic rings. The molecule has 0 spiro atoms. The van der Waals surface area contributed by atoms with Crippen LogP contribution in [0.15, 0.2) is 41.1 Å². The van der Waals surface area contributed by atoms with Crippen molar-refractivity contribution < 1.29 is 4.39 Å². The molecule has 1 unspecified atom stereocenters. The van der Waals surface area contributed by atoms with Gasteiger partial charge in [-0.15, -0.1) is 0 Å². The van der Waals surface area contributed by atoms with E-state index in [4.69, 9.17) is 5.84 Å². The van der Waals surface area contributed by atoms with Crippen LogP contribution in [0.3, 0.4) is 0 Å². The molecule has 0 fully saturated rings. The van der Waals surface area contributed by atoms with Gasteiger partial charge in [-0.3, -0.25) is 10.8 Å². The lowest BCUT2D eigenvalue weighted by atomic mass is 9.99. The van der Waals surface area contributed by atoms with Crippen LogP contribution in [0.2, 0.25) is 0 Å². The highest BCUT2D eigenvalue weighted by Crippen LogP contribution is 2.28. The number of nitrogens with zero attached hydrogens (tertiary/aromatic N) is 1. The Kier molecular flexibility index (Phi) is 4.06. The van der Waals surface area contributed by atoms with Crippen LogP contribution in [-0.4, -0.2) is 4.98 Å². The molecule has 2 rings (SSSR count). The number of nitrogens with one attached hydrogen (secondary N) is 1. The Labute approximate surface area is 113 Å². The molecule has 1 aromatic carbocycles. The SMILES string of the molecule is Cc1ccc(Br)c(C(NN)c2cncc(F)c2)c1. The van der Waals surface area contributed by atoms with Gasteiger partial charge in [-0.2, -0.15) is 0 Å². The number of nitrogens with two attached hydrogens (primary N) is 1. The molecular formula is C13H13BrFN3. The third-order valence-corrected chi connectivity index (χ3v) is 3.41. The van der Waals surface area contributed by atoms with Crippen LogP contribution in [0.25, 0.3) is 0 Å². The number of aromatic nitrogens is 1. The highest BCUT2D eigenvalue weighted by atomic mass is 79.9. The maximum atomic E-state index is 13.2. The van der Waals surface area contributed by atoms with Crippen molar-refractivity contribution in [2.24, 2.45) is 5.84 Å². The van der Waals surface area contributed by atoms with E-state index in [-0.39, 0.29) is 11.9 Å². The summed E-state index contributed by atoms with van der Waals surface area (Å²) in [5.41, 5.74) is 5.44. The van der Waals surface area contributed by atoms with Crippen LogP contribution in [0, 0.1) is 12.7 Å². The molecule has 0 saturated carbocycles. The van der Waals surface area contributed by atoms with Gasteiger partial charge in [0.15, 0.2) is 0 Å². The van der Waals surface area contributed by atoms with Gasteiger partial charge in [-0.1, -0.05) is 33.6 Å². The number of rotatable bonds is 3. The lowest BCUT2D eigenvalue weighted by Crippen LogP contribution is -2.29. The second-order valence-electron chi connectivity index (χ2n) is 4.06. The molecule has 3 N–H and O–H groups in total. The largest absolute Gasteiger partial charge is 0.271 e. The summed E-state index contributed by atoms with van der Waals surface area (Å²) in [7, 11) is 0. The molecule has 3 nitrogen and oxygen atoms in total. The Morgan fingerprint density at radius 3 is 2.78 bits per heavy atom. The predicted octanol–water partition coefficient (Wildman–Crippen LogP) is 2.84. The van der Waals surface area contributed by atoms with Crippen LogP contribution in [0.4, 0.5) is 4.39 Å². The number of aryl methyl sites for hydroxylation is 1. The zero-order valence-electron chi connectivity index (χ0n) is 9.82. The molecule has 0 aliphatic heterocycles. The Morgan fingerprint density at radius 1 is 1.33 bits per heavy atom. The van der Waals surface area contributed by atoms with Gasteiger partial charge in [0.05, 0.1) is 12.2 Å². The fourth-order valence-corrected chi connectivity index (χ4v) is 2.31. The standard InChI is InChI=1S/C13H13BrFN3/c1-8-2-3-12(14)11(4-8)13(18-16)9-5-10(15)7-17-6-9/h2-7,13,18H,16H2,1H3. The first-order valence-electron chi connectivity index (χ1n) is 5.44. The van der Waals surface area contributed by atoms with E-state index >= 15 is 0 Å². The Bertz CT molecular complexity index is 560. The first kappa shape index (κ1) is 13.1. The molecule has 0 saturated heterocycles. The van der Waals surface area contributed by atoms with Crippen LogP contribution in [0.5, 0.6) is 0 Å². The third-order valence-electron chi connectivity index (χ3n) is 2.69. The maximum absolute atomic E-state index is 13.2. The van der Waals surface area contributed by atoms with Gasteiger partial charge < -0.3 is 0 Å². The number of benzene rings is 1. The highest BCUT2D eigenvalue weighted by Gasteiger charge is 2.16. The zero-order valence-corrected chi connectivity index (χ0v) is 11.4. The van der Waals surface area contributed by atoms with Crippen LogP contribution in [-0.2, 0) is 0 Å². The van der Waals surface area contributed by atoms with Gasteiger partial charge in [0.25, 0.3) is 0 Å². The fraction of sp³-hybridized carbons (Fsp3) is 0.154. The van der Waals surface area contributed by atoms with Crippen molar-refractivity contribution in [3.63, 3.8) is 0 Å². The predicted molar refractivity (Wildman–Crippen MR) is 72.2 cm³/mol. The van der Waals surface area contributed by atoms with E-state index in [1.165, 1.54) is 12.3 Å². The third kappa shape index (κ3) is 2.75. The summed E-state index contributed by atoms with van der Waals surface area (Å²) < 4.78 is 14.1. The molecule has 2 aromatic rings. The van der Waals surface area contributed by atoms with Crippen molar-refractivity contribution in [3.8, 4) is 0 Å². The second kappa shape index (κ2) is 5.56. The van der Waals surface area contributed by atoms with E-state index in [1.54, 1.807) is 6.20 Å². The van der Waals surface area contributed by atoms with Gasteiger partial charge in [-0.05, 0) is 30.2 Å². The van der Waals surface area contributed by atoms with Crippen molar-refractivity contribution in [1.82, 2.24) is 10.4 Å². The lowest BCUT2D eigenvalue weighted by molar-refractivity contribution is 0.597. The first-order chi connectivity index (χ1) is 8.61. The first-order valence-corrected chi connectivity index (χ1v) is 6.23. The molecule has 18 heavy (non-hydrogen) atoms. The maximum Gasteiger partial charge on any atom is 0.141 e. The van der Waals surface area contributed by atoms with Crippen molar-refractivity contribution in [3.05, 3.63) is 63.6 Å². The summed E-state index contributed by atoms with van der Waals surface area (Å²) in [6.07, 6.45) is 2.77. The number of hydrazine groups is 1. The smallest absolute Gasteiger partial charge is 0.141 e. The highest BCUT2D eigenvalue weighted by molar-refractivity contribution is 9.10. The number of hydrogen-bond donors (Lipinski definition) is 2. The Balaban J connectivity index is 2.48. The van der Waals surface area contributed by atoms with Crippen LogP contribution < -0.4 is 11.3 Å². The average Bonchev–Trinajstić information content (AvgIpc) is 2.35. The summed E-state index contributed by atoms with van der Waals surface area (Å²) in [5.74, 6) is 5.21. The summed E-state index contributed by atoms with van der Waals surface area (Å²) in [4.78, 5) is 3.84. The van der Waals surface area contributed by atoms with E-state index < -0.39 is 0 Å². The molecule has 1 aromatic heterocycles. The van der Waals surface area contributed by atoms with Gasteiger partial charge in [0.1, 0.15) is 5.82 Å². The molecule has 1 atom stereocenters. The summed E-state index contributed by atoms with van der Waals surface area (Å²) in [6.45, 7) is 1.99. The minimum atomic E-state index is -0.378. The molecule has 0 amide bonds. The quantitative estimate of drug-likeness (QED) is 0.677. The van der Waals surface area contributed by atoms with Gasteiger partial charge in [-0.25, -0.2) is 9.82 Å². The van der Waals surface area contributed by atoms with E-state index in [9.17, 15) is 4.39 Å². The summed E-state index contributed by atoms with van der Waals surface area (Å²) in [5, 5.41) is 0. The van der Waals surface area contributed by atoms with Crippen molar-refractivity contribution >= 4 is 15.9 Å². The molecule has 0 bridgehead atoms. The monoisotopic (exact) mass is 309 g/mol. The minimum Gasteiger partial charge on any atom is -0.271 e. The molecule has 0 radical (unpaired) electrons. The fourth-order valence-electron chi connectivity index (χ4n) is 1.84. The van der Waals surface area contributed by atoms with Gasteiger partial charge in [0, 0.05) is 10.7 Å². The normalized spacial score (nSPS) is 12.4. The second-order valence-corrected chi connectivity index (χ2v) is 4.92. The number of halogens is 2. The van der Waals surface area contributed by atoms with Gasteiger partial charge >= 0.3 is 0 Å². The molecular weight excluding hydrogens is 297 g/mol. The number of hydrogen-bond acceptors (Lipinski definition) is 3. The van der Waals surface area contributed by atoms with Crippen LogP contribution in [0.1, 0.15) is 22.7 Å². The van der Waals surface area contributed by atoms with E-state index in [0.717, 1.165) is 15.6 Å². The minimum absolute atomic E-state index is 0.303. The number of pyridine rings is 1. The average molecular weight is 310 g/mol. The van der Waals surface area contributed by atoms with Crippen molar-refractivity contribution in [2.75, 3.05) is 0 Å². The Hall–Kier alpha value is -1.30. The van der Waals surface area contributed by atoms with Crippen molar-refractivity contribution in [2.45, 2.75) is 13.0 Å². The lowest BCUT2D eigenvalue weighted by Gasteiger charge is -2.18. The van der Waals surface area contributed by atoms with Crippen LogP contribution >= 0.6 is 15.9 Å². The van der Waals surface area contributed by atoms with E-state index in [1.807, 2.05) is 25.1 Å².